The summed E-state index contributed by atoms with van der Waals surface area (Å²) < 4.78 is 27.0. The zero-order valence-electron chi connectivity index (χ0n) is 8.44. The van der Waals surface area contributed by atoms with Gasteiger partial charge in [-0.25, -0.2) is 8.78 Å². The van der Waals surface area contributed by atoms with E-state index in [1.54, 1.807) is 7.05 Å². The van der Waals surface area contributed by atoms with Crippen LogP contribution in [0.5, 0.6) is 0 Å². The molecule has 0 aliphatic rings. The number of likely N-dealkylation sites (N-methyl/N-ethyl adjacent to an activating group) is 1. The van der Waals surface area contributed by atoms with Gasteiger partial charge in [-0.2, -0.15) is 0 Å². The first-order chi connectivity index (χ1) is 6.99. The lowest BCUT2D eigenvalue weighted by atomic mass is 10.0. The van der Waals surface area contributed by atoms with Gasteiger partial charge in [-0.05, 0) is 25.6 Å². The first kappa shape index (κ1) is 12.4. The minimum atomic E-state index is -1.24. The second-order valence-electron chi connectivity index (χ2n) is 3.29. The highest BCUT2D eigenvalue weighted by atomic mass is 35.5. The number of aryl methyl sites for hydroxylation is 1. The molecule has 0 aromatic heterocycles. The minimum absolute atomic E-state index is 0.0631. The lowest BCUT2D eigenvalue weighted by molar-refractivity contribution is 0.167. The number of halogens is 3. The van der Waals surface area contributed by atoms with Crippen molar-refractivity contribution >= 4 is 11.6 Å². The largest absolute Gasteiger partial charge is 0.387 e. The van der Waals surface area contributed by atoms with Crippen LogP contribution in [0.3, 0.4) is 0 Å². The van der Waals surface area contributed by atoms with Crippen molar-refractivity contribution in [1.29, 1.82) is 0 Å². The van der Waals surface area contributed by atoms with Gasteiger partial charge in [-0.1, -0.05) is 11.6 Å². The lowest BCUT2D eigenvalue weighted by Gasteiger charge is -2.14. The summed E-state index contributed by atoms with van der Waals surface area (Å²) in [4.78, 5) is 0. The van der Waals surface area contributed by atoms with Crippen LogP contribution >= 0.6 is 11.6 Å². The summed E-state index contributed by atoms with van der Waals surface area (Å²) in [6, 6.07) is 1.20. The Kier molecular flexibility index (Phi) is 4.02. The van der Waals surface area contributed by atoms with Crippen LogP contribution in [0, 0.1) is 18.6 Å². The fourth-order valence-corrected chi connectivity index (χ4v) is 1.61. The van der Waals surface area contributed by atoms with Crippen molar-refractivity contribution in [2.45, 2.75) is 13.0 Å². The van der Waals surface area contributed by atoms with Crippen molar-refractivity contribution in [3.05, 3.63) is 33.9 Å². The van der Waals surface area contributed by atoms with E-state index in [2.05, 4.69) is 5.32 Å². The Balaban J connectivity index is 3.26. The molecule has 0 spiro atoms. The zero-order valence-corrected chi connectivity index (χ0v) is 9.20. The first-order valence-corrected chi connectivity index (χ1v) is 4.83. The SMILES string of the molecule is CNCC(O)c1c(F)c(C)cc(Cl)c1F. The molecule has 1 atom stereocenters. The van der Waals surface area contributed by atoms with E-state index in [0.29, 0.717) is 0 Å². The molecule has 0 aliphatic heterocycles. The van der Waals surface area contributed by atoms with Gasteiger partial charge >= 0.3 is 0 Å². The van der Waals surface area contributed by atoms with Crippen LogP contribution in [0.1, 0.15) is 17.2 Å². The Morgan fingerprint density at radius 1 is 1.47 bits per heavy atom. The van der Waals surface area contributed by atoms with Crippen LogP contribution in [-0.4, -0.2) is 18.7 Å². The summed E-state index contributed by atoms with van der Waals surface area (Å²) >= 11 is 5.56. The average molecular weight is 236 g/mol. The molecule has 2 N–H and O–H groups in total. The summed E-state index contributed by atoms with van der Waals surface area (Å²) in [5.74, 6) is -1.65. The number of hydrogen-bond acceptors (Lipinski definition) is 2. The van der Waals surface area contributed by atoms with Gasteiger partial charge in [0.15, 0.2) is 5.82 Å². The Labute approximate surface area is 91.9 Å². The fraction of sp³-hybridized carbons (Fsp3) is 0.400. The van der Waals surface area contributed by atoms with Crippen molar-refractivity contribution in [2.75, 3.05) is 13.6 Å². The molecule has 0 saturated heterocycles. The monoisotopic (exact) mass is 235 g/mol. The molecule has 0 heterocycles. The highest BCUT2D eigenvalue weighted by molar-refractivity contribution is 6.30. The second kappa shape index (κ2) is 4.88. The number of hydrogen-bond donors (Lipinski definition) is 2. The molecule has 0 bridgehead atoms. The summed E-state index contributed by atoms with van der Waals surface area (Å²) in [6.07, 6.45) is -1.24. The zero-order chi connectivity index (χ0) is 11.6. The molecule has 15 heavy (non-hydrogen) atoms. The summed E-state index contributed by atoms with van der Waals surface area (Å²) in [5.41, 5.74) is -0.166. The number of benzene rings is 1. The molecule has 1 rings (SSSR count). The van der Waals surface area contributed by atoms with Crippen molar-refractivity contribution in [3.8, 4) is 0 Å². The standard InChI is InChI=1S/C10H12ClF2NO/c1-5-3-6(11)10(13)8(9(5)12)7(15)4-14-2/h3,7,14-15H,4H2,1-2H3. The van der Waals surface area contributed by atoms with Gasteiger partial charge in [-0.3, -0.25) is 0 Å². The maximum absolute atomic E-state index is 13.5. The Morgan fingerprint density at radius 2 is 2.07 bits per heavy atom. The van der Waals surface area contributed by atoms with E-state index in [4.69, 9.17) is 11.6 Å². The quantitative estimate of drug-likeness (QED) is 0.788. The van der Waals surface area contributed by atoms with E-state index in [1.165, 1.54) is 13.0 Å². The van der Waals surface area contributed by atoms with Gasteiger partial charge in [0.2, 0.25) is 0 Å². The van der Waals surface area contributed by atoms with Crippen molar-refractivity contribution < 1.29 is 13.9 Å². The summed E-state index contributed by atoms with van der Waals surface area (Å²) in [7, 11) is 1.58. The minimum Gasteiger partial charge on any atom is -0.387 e. The lowest BCUT2D eigenvalue weighted by Crippen LogP contribution is -2.19. The third kappa shape index (κ3) is 2.45. The van der Waals surface area contributed by atoms with E-state index in [-0.39, 0.29) is 22.7 Å². The highest BCUT2D eigenvalue weighted by Crippen LogP contribution is 2.28. The van der Waals surface area contributed by atoms with Gasteiger partial charge < -0.3 is 10.4 Å². The molecule has 1 aromatic carbocycles. The molecule has 1 unspecified atom stereocenters. The number of rotatable bonds is 3. The Hall–Kier alpha value is -0.710. The molecule has 0 fully saturated rings. The molecule has 0 radical (unpaired) electrons. The van der Waals surface area contributed by atoms with Crippen molar-refractivity contribution in [1.82, 2.24) is 5.32 Å². The molecule has 2 nitrogen and oxygen atoms in total. The third-order valence-corrected chi connectivity index (χ3v) is 2.38. The molecule has 0 aliphatic carbocycles. The van der Waals surface area contributed by atoms with Crippen LogP contribution in [0.15, 0.2) is 6.07 Å². The second-order valence-corrected chi connectivity index (χ2v) is 3.70. The topological polar surface area (TPSA) is 32.3 Å². The van der Waals surface area contributed by atoms with Crippen LogP contribution in [0.25, 0.3) is 0 Å². The number of nitrogens with one attached hydrogen (secondary N) is 1. The Morgan fingerprint density at radius 3 is 2.60 bits per heavy atom. The van der Waals surface area contributed by atoms with E-state index < -0.39 is 17.7 Å². The highest BCUT2D eigenvalue weighted by Gasteiger charge is 2.21. The van der Waals surface area contributed by atoms with E-state index in [1.807, 2.05) is 0 Å². The maximum atomic E-state index is 13.5. The summed E-state index contributed by atoms with van der Waals surface area (Å²) in [6.45, 7) is 1.53. The molecule has 84 valence electrons. The predicted octanol–water partition coefficient (Wildman–Crippen LogP) is 2.18. The van der Waals surface area contributed by atoms with E-state index in [9.17, 15) is 13.9 Å². The maximum Gasteiger partial charge on any atom is 0.150 e. The third-order valence-electron chi connectivity index (χ3n) is 2.10. The average Bonchev–Trinajstić information content (AvgIpc) is 2.16. The van der Waals surface area contributed by atoms with Crippen LogP contribution in [-0.2, 0) is 0 Å². The molecule has 5 heteroatoms. The molecule has 0 amide bonds. The fourth-order valence-electron chi connectivity index (χ4n) is 1.34. The van der Waals surface area contributed by atoms with Gasteiger partial charge in [0.05, 0.1) is 16.7 Å². The Bertz CT molecular complexity index is 345. The van der Waals surface area contributed by atoms with Crippen LogP contribution < -0.4 is 5.32 Å². The summed E-state index contributed by atoms with van der Waals surface area (Å²) in [5, 5.41) is 12.0. The predicted molar refractivity (Wildman–Crippen MR) is 55.0 cm³/mol. The normalized spacial score (nSPS) is 12.9. The van der Waals surface area contributed by atoms with Crippen molar-refractivity contribution in [3.63, 3.8) is 0 Å². The van der Waals surface area contributed by atoms with Crippen molar-refractivity contribution in [2.24, 2.45) is 0 Å². The smallest absolute Gasteiger partial charge is 0.150 e. The van der Waals surface area contributed by atoms with Gasteiger partial charge in [0, 0.05) is 6.54 Å². The van der Waals surface area contributed by atoms with E-state index in [0.717, 1.165) is 0 Å². The van der Waals surface area contributed by atoms with Crippen LogP contribution in [0.2, 0.25) is 5.02 Å². The van der Waals surface area contributed by atoms with Gasteiger partial charge in [-0.15, -0.1) is 0 Å². The van der Waals surface area contributed by atoms with Gasteiger partial charge in [0.1, 0.15) is 5.82 Å². The molecular formula is C10H12ClF2NO. The molecule has 0 saturated carbocycles. The van der Waals surface area contributed by atoms with E-state index >= 15 is 0 Å². The van der Waals surface area contributed by atoms with Gasteiger partial charge in [0.25, 0.3) is 0 Å². The first-order valence-electron chi connectivity index (χ1n) is 4.45. The number of aliphatic hydroxyl groups excluding tert-OH is 1. The number of aliphatic hydroxyl groups is 1. The molecular weight excluding hydrogens is 224 g/mol. The van der Waals surface area contributed by atoms with Crippen LogP contribution in [0.4, 0.5) is 8.78 Å². The molecule has 1 aromatic rings.